The summed E-state index contributed by atoms with van der Waals surface area (Å²) in [6, 6.07) is 7.68. The molecule has 0 spiro atoms. The van der Waals surface area contributed by atoms with Gasteiger partial charge >= 0.3 is 0 Å². The van der Waals surface area contributed by atoms with Gasteiger partial charge in [-0.25, -0.2) is 0 Å². The molecule has 1 aromatic carbocycles. The summed E-state index contributed by atoms with van der Waals surface area (Å²) in [6.07, 6.45) is 4.74. The fourth-order valence-electron chi connectivity index (χ4n) is 3.83. The Balaban J connectivity index is 0.00000192. The minimum atomic E-state index is -0.203. The maximum absolute atomic E-state index is 12.9. The fourth-order valence-corrected chi connectivity index (χ4v) is 3.83. The lowest BCUT2D eigenvalue weighted by Crippen LogP contribution is -2.44. The molecule has 1 saturated carbocycles. The zero-order chi connectivity index (χ0) is 15.6. The van der Waals surface area contributed by atoms with Gasteiger partial charge in [-0.05, 0) is 63.4 Å². The van der Waals surface area contributed by atoms with Crippen LogP contribution < -0.4 is 15.4 Å². The molecular weight excluding hydrogens is 312 g/mol. The van der Waals surface area contributed by atoms with E-state index in [-0.39, 0.29) is 29.8 Å². The van der Waals surface area contributed by atoms with Gasteiger partial charge in [-0.3, -0.25) is 4.79 Å². The van der Waals surface area contributed by atoms with E-state index >= 15 is 0 Å². The summed E-state index contributed by atoms with van der Waals surface area (Å²) in [4.78, 5) is 12.9. The highest BCUT2D eigenvalue weighted by Crippen LogP contribution is 2.44. The highest BCUT2D eigenvalue weighted by molar-refractivity contribution is 5.96. The van der Waals surface area contributed by atoms with Crippen LogP contribution in [0.15, 0.2) is 24.3 Å². The quantitative estimate of drug-likeness (QED) is 0.881. The van der Waals surface area contributed by atoms with Gasteiger partial charge in [-0.2, -0.15) is 0 Å². The van der Waals surface area contributed by atoms with Crippen LogP contribution in [-0.2, 0) is 4.79 Å². The van der Waals surface area contributed by atoms with Gasteiger partial charge in [0.15, 0.2) is 0 Å². The molecule has 3 rings (SSSR count). The summed E-state index contributed by atoms with van der Waals surface area (Å²) in [5.41, 5.74) is 0.650. The van der Waals surface area contributed by atoms with E-state index in [1.165, 1.54) is 12.8 Å². The Morgan fingerprint density at radius 2 is 2.04 bits per heavy atom. The third-order valence-electron chi connectivity index (χ3n) is 4.97. The Bertz CT molecular complexity index is 532. The topological polar surface area (TPSA) is 50.4 Å². The van der Waals surface area contributed by atoms with Crippen molar-refractivity contribution in [1.29, 1.82) is 0 Å². The maximum atomic E-state index is 12.9. The number of halogens is 1. The molecule has 1 amide bonds. The van der Waals surface area contributed by atoms with E-state index in [2.05, 4.69) is 10.6 Å². The van der Waals surface area contributed by atoms with Crippen LogP contribution in [-0.4, -0.2) is 25.1 Å². The van der Waals surface area contributed by atoms with Crippen molar-refractivity contribution in [2.45, 2.75) is 45.6 Å². The highest BCUT2D eigenvalue weighted by atomic mass is 35.5. The number of fused-ring (bicyclic) bond motifs is 1. The van der Waals surface area contributed by atoms with Crippen molar-refractivity contribution in [3.63, 3.8) is 0 Å². The number of benzene rings is 1. The molecule has 1 aliphatic heterocycles. The van der Waals surface area contributed by atoms with Crippen LogP contribution in [0.2, 0.25) is 0 Å². The molecule has 2 N–H and O–H groups in total. The number of nitrogens with one attached hydrogen (secondary N) is 2. The summed E-state index contributed by atoms with van der Waals surface area (Å²) < 4.78 is 5.64. The SMILES string of the molecule is CC(C)Oc1ccc(NC(=O)[C@@]23CCCC[C@H]2CNC3)cc1.Cl. The van der Waals surface area contributed by atoms with Crippen LogP contribution >= 0.6 is 12.4 Å². The molecule has 0 radical (unpaired) electrons. The van der Waals surface area contributed by atoms with Crippen LogP contribution in [0.5, 0.6) is 5.75 Å². The highest BCUT2D eigenvalue weighted by Gasteiger charge is 2.49. The molecule has 2 fully saturated rings. The predicted octanol–water partition coefficient (Wildman–Crippen LogP) is 3.61. The number of amides is 1. The Kier molecular flexibility index (Phi) is 5.93. The number of rotatable bonds is 4. The van der Waals surface area contributed by atoms with Crippen molar-refractivity contribution in [1.82, 2.24) is 5.32 Å². The van der Waals surface area contributed by atoms with Crippen LogP contribution in [0.25, 0.3) is 0 Å². The third kappa shape index (κ3) is 3.81. The predicted molar refractivity (Wildman–Crippen MR) is 95.3 cm³/mol. The molecule has 0 bridgehead atoms. The van der Waals surface area contributed by atoms with E-state index in [1.807, 2.05) is 38.1 Å². The largest absolute Gasteiger partial charge is 0.491 e. The van der Waals surface area contributed by atoms with E-state index in [0.29, 0.717) is 5.92 Å². The van der Waals surface area contributed by atoms with E-state index in [4.69, 9.17) is 4.74 Å². The average Bonchev–Trinajstić information content (AvgIpc) is 2.94. The van der Waals surface area contributed by atoms with Crippen molar-refractivity contribution in [2.24, 2.45) is 11.3 Å². The molecule has 0 aromatic heterocycles. The Hall–Kier alpha value is -1.26. The Morgan fingerprint density at radius 3 is 2.74 bits per heavy atom. The molecule has 4 nitrogen and oxygen atoms in total. The van der Waals surface area contributed by atoms with Gasteiger partial charge in [0.2, 0.25) is 5.91 Å². The first-order chi connectivity index (χ1) is 10.6. The molecule has 1 heterocycles. The van der Waals surface area contributed by atoms with Gasteiger partial charge in [0, 0.05) is 12.2 Å². The second-order valence-corrected chi connectivity index (χ2v) is 6.87. The molecular formula is C18H27ClN2O2. The van der Waals surface area contributed by atoms with Crippen molar-refractivity contribution in [3.8, 4) is 5.75 Å². The van der Waals surface area contributed by atoms with E-state index in [1.54, 1.807) is 0 Å². The monoisotopic (exact) mass is 338 g/mol. The second-order valence-electron chi connectivity index (χ2n) is 6.87. The lowest BCUT2D eigenvalue weighted by Gasteiger charge is -2.37. The average molecular weight is 339 g/mol. The number of hydrogen-bond acceptors (Lipinski definition) is 3. The second kappa shape index (κ2) is 7.54. The van der Waals surface area contributed by atoms with Crippen molar-refractivity contribution >= 4 is 24.0 Å². The van der Waals surface area contributed by atoms with Crippen LogP contribution in [0.3, 0.4) is 0 Å². The lowest BCUT2D eigenvalue weighted by molar-refractivity contribution is -0.128. The zero-order valence-corrected chi connectivity index (χ0v) is 14.7. The molecule has 128 valence electrons. The van der Waals surface area contributed by atoms with Crippen molar-refractivity contribution < 1.29 is 9.53 Å². The smallest absolute Gasteiger partial charge is 0.232 e. The van der Waals surface area contributed by atoms with Gasteiger partial charge in [0.25, 0.3) is 0 Å². The summed E-state index contributed by atoms with van der Waals surface area (Å²) in [5, 5.41) is 6.54. The standard InChI is InChI=1S/C18H26N2O2.ClH/c1-13(2)22-16-8-6-15(7-9-16)20-17(21)18-10-4-3-5-14(18)11-19-12-18;/h6-9,13-14,19H,3-5,10-12H2,1-2H3,(H,20,21);1H/t14-,18+;/m0./s1. The molecule has 1 saturated heterocycles. The normalized spacial score (nSPS) is 26.3. The van der Waals surface area contributed by atoms with Gasteiger partial charge in [0.05, 0.1) is 11.5 Å². The summed E-state index contributed by atoms with van der Waals surface area (Å²) >= 11 is 0. The van der Waals surface area contributed by atoms with Gasteiger partial charge in [-0.1, -0.05) is 12.8 Å². The molecule has 1 aromatic rings. The molecule has 5 heteroatoms. The Labute approximate surface area is 144 Å². The summed E-state index contributed by atoms with van der Waals surface area (Å²) in [6.45, 7) is 5.81. The first-order valence-corrected chi connectivity index (χ1v) is 8.39. The molecule has 2 atom stereocenters. The molecule has 2 aliphatic rings. The first-order valence-electron chi connectivity index (χ1n) is 8.39. The number of ether oxygens (including phenoxy) is 1. The van der Waals surface area contributed by atoms with E-state index in [0.717, 1.165) is 37.4 Å². The van der Waals surface area contributed by atoms with Gasteiger partial charge < -0.3 is 15.4 Å². The van der Waals surface area contributed by atoms with Crippen molar-refractivity contribution in [3.05, 3.63) is 24.3 Å². The molecule has 0 unspecified atom stereocenters. The molecule has 1 aliphatic carbocycles. The minimum Gasteiger partial charge on any atom is -0.491 e. The first kappa shape index (κ1) is 18.1. The lowest BCUT2D eigenvalue weighted by atomic mass is 9.67. The number of carbonyl (C=O) groups is 1. The minimum absolute atomic E-state index is 0. The third-order valence-corrected chi connectivity index (χ3v) is 4.97. The van der Waals surface area contributed by atoms with Crippen LogP contribution in [0, 0.1) is 11.3 Å². The maximum Gasteiger partial charge on any atom is 0.232 e. The fraction of sp³-hybridized carbons (Fsp3) is 0.611. The summed E-state index contributed by atoms with van der Waals surface area (Å²) in [7, 11) is 0. The number of carbonyl (C=O) groups excluding carboxylic acids is 1. The van der Waals surface area contributed by atoms with Gasteiger partial charge in [-0.15, -0.1) is 12.4 Å². The summed E-state index contributed by atoms with van der Waals surface area (Å²) in [5.74, 6) is 1.51. The number of anilines is 1. The number of hydrogen-bond donors (Lipinski definition) is 2. The van der Waals surface area contributed by atoms with Crippen LogP contribution in [0.4, 0.5) is 5.69 Å². The molecule has 23 heavy (non-hydrogen) atoms. The van der Waals surface area contributed by atoms with E-state index < -0.39 is 0 Å². The van der Waals surface area contributed by atoms with E-state index in [9.17, 15) is 4.79 Å². The van der Waals surface area contributed by atoms with Crippen molar-refractivity contribution in [2.75, 3.05) is 18.4 Å². The zero-order valence-electron chi connectivity index (χ0n) is 13.9. The Morgan fingerprint density at radius 1 is 1.30 bits per heavy atom. The van der Waals surface area contributed by atoms with Gasteiger partial charge in [0.1, 0.15) is 5.75 Å². The van der Waals surface area contributed by atoms with Crippen LogP contribution in [0.1, 0.15) is 39.5 Å².